The normalized spacial score (nSPS) is 11.6. The molecule has 0 unspecified atom stereocenters. The van der Waals surface area contributed by atoms with Gasteiger partial charge in [0, 0.05) is 15.6 Å². The van der Waals surface area contributed by atoms with Crippen molar-refractivity contribution in [1.29, 1.82) is 0 Å². The summed E-state index contributed by atoms with van der Waals surface area (Å²) in [6, 6.07) is 7.99. The topological polar surface area (TPSA) is 47.0 Å². The smallest absolute Gasteiger partial charge is 0.294 e. The maximum atomic E-state index is 5.67. The van der Waals surface area contributed by atoms with Crippen LogP contribution in [-0.2, 0) is 13.2 Å². The third-order valence-corrected chi connectivity index (χ3v) is 4.14. The summed E-state index contributed by atoms with van der Waals surface area (Å²) in [5.74, 6) is 0. The third-order valence-electron chi connectivity index (χ3n) is 2.53. The molecule has 0 aliphatic carbocycles. The Morgan fingerprint density at radius 3 is 2.70 bits per heavy atom. The number of hydrogen-bond donors (Lipinski definition) is 1. The van der Waals surface area contributed by atoms with Crippen LogP contribution in [0.25, 0.3) is 0 Å². The molecule has 0 bridgehead atoms. The third kappa shape index (κ3) is 4.85. The summed E-state index contributed by atoms with van der Waals surface area (Å²) in [4.78, 5) is 0. The Hall–Kier alpha value is -0.980. The van der Waals surface area contributed by atoms with Gasteiger partial charge in [-0.3, -0.25) is 0 Å². The van der Waals surface area contributed by atoms with Crippen LogP contribution in [0.1, 0.15) is 31.3 Å². The molecule has 0 fully saturated rings. The van der Waals surface area contributed by atoms with Gasteiger partial charge in [0.25, 0.3) is 5.19 Å². The van der Waals surface area contributed by atoms with Gasteiger partial charge in [-0.25, -0.2) is 0 Å². The zero-order valence-corrected chi connectivity index (χ0v) is 14.2. The van der Waals surface area contributed by atoms with Gasteiger partial charge in [0.15, 0.2) is 0 Å². The Bertz CT molecular complexity index is 566. The molecule has 0 aliphatic rings. The van der Waals surface area contributed by atoms with E-state index in [4.69, 9.17) is 4.74 Å². The summed E-state index contributed by atoms with van der Waals surface area (Å²) >= 11 is 4.98. The molecule has 1 aromatic carbocycles. The molecule has 0 amide bonds. The molecule has 0 atom stereocenters. The lowest BCUT2D eigenvalue weighted by Gasteiger charge is -2.19. The van der Waals surface area contributed by atoms with Crippen molar-refractivity contribution < 1.29 is 4.74 Å². The lowest BCUT2D eigenvalue weighted by molar-refractivity contribution is 0.301. The van der Waals surface area contributed by atoms with Crippen molar-refractivity contribution in [3.63, 3.8) is 0 Å². The summed E-state index contributed by atoms with van der Waals surface area (Å²) < 4.78 is 6.71. The van der Waals surface area contributed by atoms with E-state index in [0.29, 0.717) is 18.3 Å². The molecule has 1 N–H and O–H groups in total. The zero-order chi connectivity index (χ0) is 14.6. The number of nitrogens with zero attached hydrogens (tertiary/aromatic N) is 2. The molecule has 1 heterocycles. The first-order valence-electron chi connectivity index (χ1n) is 6.38. The van der Waals surface area contributed by atoms with Crippen LogP contribution in [0.4, 0.5) is 0 Å². The summed E-state index contributed by atoms with van der Waals surface area (Å²) in [6.07, 6.45) is 0. The van der Waals surface area contributed by atoms with Crippen LogP contribution in [-0.4, -0.2) is 15.7 Å². The molecule has 0 spiro atoms. The largest absolute Gasteiger partial charge is 0.464 e. The van der Waals surface area contributed by atoms with E-state index in [-0.39, 0.29) is 5.54 Å². The molecule has 0 saturated carbocycles. The monoisotopic (exact) mass is 355 g/mol. The molecule has 20 heavy (non-hydrogen) atoms. The van der Waals surface area contributed by atoms with E-state index in [1.165, 1.54) is 11.3 Å². The molecule has 1 aromatic heterocycles. The Kier molecular flexibility index (Phi) is 5.12. The summed E-state index contributed by atoms with van der Waals surface area (Å²) in [5, 5.41) is 13.1. The summed E-state index contributed by atoms with van der Waals surface area (Å²) in [6.45, 7) is 7.57. The fraction of sp³-hybridized carbons (Fsp3) is 0.429. The van der Waals surface area contributed by atoms with Crippen molar-refractivity contribution in [3.05, 3.63) is 39.3 Å². The van der Waals surface area contributed by atoms with Crippen LogP contribution in [0.15, 0.2) is 28.7 Å². The molecular weight excluding hydrogens is 338 g/mol. The van der Waals surface area contributed by atoms with Crippen LogP contribution < -0.4 is 10.1 Å². The SMILES string of the molecule is CC(C)(C)NCc1nnc(OCc2ccccc2Br)s1. The van der Waals surface area contributed by atoms with Gasteiger partial charge in [-0.1, -0.05) is 50.6 Å². The van der Waals surface area contributed by atoms with Crippen molar-refractivity contribution in [1.82, 2.24) is 15.5 Å². The molecule has 0 aliphatic heterocycles. The van der Waals surface area contributed by atoms with Crippen molar-refractivity contribution in [2.24, 2.45) is 0 Å². The summed E-state index contributed by atoms with van der Waals surface area (Å²) in [5.41, 5.74) is 1.17. The summed E-state index contributed by atoms with van der Waals surface area (Å²) in [7, 11) is 0. The number of rotatable bonds is 5. The fourth-order valence-corrected chi connectivity index (χ4v) is 2.49. The number of benzene rings is 1. The first kappa shape index (κ1) is 15.4. The molecule has 2 rings (SSSR count). The van der Waals surface area contributed by atoms with E-state index in [2.05, 4.69) is 52.2 Å². The van der Waals surface area contributed by atoms with Gasteiger partial charge in [-0.2, -0.15) is 0 Å². The van der Waals surface area contributed by atoms with E-state index in [0.717, 1.165) is 15.0 Å². The highest BCUT2D eigenvalue weighted by Crippen LogP contribution is 2.22. The molecule has 2 aromatic rings. The van der Waals surface area contributed by atoms with Crippen LogP contribution in [0.5, 0.6) is 5.19 Å². The van der Waals surface area contributed by atoms with Gasteiger partial charge in [0.1, 0.15) is 11.6 Å². The quantitative estimate of drug-likeness (QED) is 0.886. The lowest BCUT2D eigenvalue weighted by atomic mass is 10.1. The van der Waals surface area contributed by atoms with Crippen molar-refractivity contribution in [2.45, 2.75) is 39.5 Å². The number of nitrogens with one attached hydrogen (secondary N) is 1. The molecule has 0 radical (unpaired) electrons. The van der Waals surface area contributed by atoms with E-state index in [1.54, 1.807) is 0 Å². The van der Waals surface area contributed by atoms with Gasteiger partial charge >= 0.3 is 0 Å². The Morgan fingerprint density at radius 1 is 1.25 bits per heavy atom. The average Bonchev–Trinajstić information content (AvgIpc) is 2.83. The van der Waals surface area contributed by atoms with E-state index in [1.807, 2.05) is 24.3 Å². The Morgan fingerprint density at radius 2 is 2.00 bits per heavy atom. The van der Waals surface area contributed by atoms with Crippen LogP contribution in [0, 0.1) is 0 Å². The Labute approximate surface area is 131 Å². The second-order valence-corrected chi connectivity index (χ2v) is 7.32. The van der Waals surface area contributed by atoms with Gasteiger partial charge in [0.2, 0.25) is 0 Å². The van der Waals surface area contributed by atoms with E-state index >= 15 is 0 Å². The molecular formula is C14H18BrN3OS. The standard InChI is InChI=1S/C14H18BrN3OS/c1-14(2,3)16-8-12-17-18-13(20-12)19-9-10-6-4-5-7-11(10)15/h4-7,16H,8-9H2,1-3H3. The predicted molar refractivity (Wildman–Crippen MR) is 85.0 cm³/mol. The van der Waals surface area contributed by atoms with Crippen LogP contribution in [0.3, 0.4) is 0 Å². The first-order chi connectivity index (χ1) is 9.44. The van der Waals surface area contributed by atoms with E-state index in [9.17, 15) is 0 Å². The number of hydrogen-bond acceptors (Lipinski definition) is 5. The first-order valence-corrected chi connectivity index (χ1v) is 7.98. The minimum absolute atomic E-state index is 0.0710. The highest BCUT2D eigenvalue weighted by atomic mass is 79.9. The Balaban J connectivity index is 1.89. The van der Waals surface area contributed by atoms with Gasteiger partial charge in [0.05, 0.1) is 6.54 Å². The number of ether oxygens (including phenoxy) is 1. The highest BCUT2D eigenvalue weighted by Gasteiger charge is 2.11. The number of aromatic nitrogens is 2. The number of halogens is 1. The van der Waals surface area contributed by atoms with Gasteiger partial charge in [-0.15, -0.1) is 5.10 Å². The lowest BCUT2D eigenvalue weighted by Crippen LogP contribution is -2.35. The van der Waals surface area contributed by atoms with Gasteiger partial charge in [-0.05, 0) is 26.8 Å². The van der Waals surface area contributed by atoms with E-state index < -0.39 is 0 Å². The predicted octanol–water partition coefficient (Wildman–Crippen LogP) is 3.77. The second kappa shape index (κ2) is 6.65. The minimum Gasteiger partial charge on any atom is -0.464 e. The zero-order valence-electron chi connectivity index (χ0n) is 11.8. The average molecular weight is 356 g/mol. The fourth-order valence-electron chi connectivity index (χ4n) is 1.46. The van der Waals surface area contributed by atoms with Crippen molar-refractivity contribution in [3.8, 4) is 5.19 Å². The maximum absolute atomic E-state index is 5.67. The molecule has 0 saturated heterocycles. The minimum atomic E-state index is 0.0710. The van der Waals surface area contributed by atoms with Crippen LogP contribution in [0.2, 0.25) is 0 Å². The van der Waals surface area contributed by atoms with Crippen molar-refractivity contribution >= 4 is 27.3 Å². The van der Waals surface area contributed by atoms with Gasteiger partial charge < -0.3 is 10.1 Å². The highest BCUT2D eigenvalue weighted by molar-refractivity contribution is 9.10. The second-order valence-electron chi connectivity index (χ2n) is 5.45. The molecule has 108 valence electrons. The van der Waals surface area contributed by atoms with Crippen molar-refractivity contribution in [2.75, 3.05) is 0 Å². The molecule has 6 heteroatoms. The van der Waals surface area contributed by atoms with Crippen LogP contribution >= 0.6 is 27.3 Å². The molecule has 4 nitrogen and oxygen atoms in total. The maximum Gasteiger partial charge on any atom is 0.294 e.